The van der Waals surface area contributed by atoms with Crippen LogP contribution in [0.25, 0.3) is 11.0 Å². The summed E-state index contributed by atoms with van der Waals surface area (Å²) in [5.41, 5.74) is 3.86. The van der Waals surface area contributed by atoms with E-state index in [0.29, 0.717) is 5.69 Å². The number of nitrogens with one attached hydrogen (secondary N) is 1. The molecule has 5 heteroatoms. The Bertz CT molecular complexity index is 930. The maximum Gasteiger partial charge on any atom is 0.275 e. The molecule has 1 aliphatic rings. The van der Waals surface area contributed by atoms with Crippen molar-refractivity contribution in [2.24, 2.45) is 5.92 Å². The van der Waals surface area contributed by atoms with Crippen molar-refractivity contribution in [1.29, 1.82) is 0 Å². The molecule has 0 saturated carbocycles. The minimum absolute atomic E-state index is 0.244. The Hall–Kier alpha value is -2.79. The summed E-state index contributed by atoms with van der Waals surface area (Å²) in [6.07, 6.45) is 4.07. The van der Waals surface area contributed by atoms with Crippen LogP contribution in [0.4, 0.5) is 5.69 Å². The zero-order valence-electron chi connectivity index (χ0n) is 15.6. The topological polar surface area (TPSA) is 58.1 Å². The number of anilines is 1. The van der Waals surface area contributed by atoms with E-state index in [1.807, 2.05) is 36.4 Å². The first-order chi connectivity index (χ1) is 13.2. The molecule has 3 aromatic rings. The molecule has 1 aromatic heterocycles. The second-order valence-electron chi connectivity index (χ2n) is 7.35. The molecule has 1 fully saturated rings. The zero-order valence-corrected chi connectivity index (χ0v) is 15.6. The second kappa shape index (κ2) is 7.84. The fourth-order valence-electron chi connectivity index (χ4n) is 3.43. The van der Waals surface area contributed by atoms with Gasteiger partial charge in [-0.05, 0) is 61.7 Å². The molecule has 0 bridgehead atoms. The fraction of sp³-hybridized carbons (Fsp3) is 0.318. The van der Waals surface area contributed by atoms with Crippen LogP contribution in [-0.2, 0) is 6.54 Å². The second-order valence-corrected chi connectivity index (χ2v) is 7.35. The quantitative estimate of drug-likeness (QED) is 0.760. The van der Waals surface area contributed by atoms with Crippen molar-refractivity contribution in [2.75, 3.05) is 18.4 Å². The zero-order chi connectivity index (χ0) is 18.6. The molecule has 2 heterocycles. The van der Waals surface area contributed by atoms with Gasteiger partial charge < -0.3 is 5.32 Å². The molecule has 0 unspecified atom stereocenters. The Labute approximate surface area is 159 Å². The third-order valence-corrected chi connectivity index (χ3v) is 5.18. The fourth-order valence-corrected chi connectivity index (χ4v) is 3.43. The van der Waals surface area contributed by atoms with Gasteiger partial charge in [0.1, 0.15) is 5.69 Å². The maximum atomic E-state index is 12.5. The Morgan fingerprint density at radius 3 is 2.52 bits per heavy atom. The highest BCUT2D eigenvalue weighted by molar-refractivity contribution is 6.03. The van der Waals surface area contributed by atoms with Crippen molar-refractivity contribution in [3.63, 3.8) is 0 Å². The van der Waals surface area contributed by atoms with Crippen LogP contribution in [-0.4, -0.2) is 33.9 Å². The molecule has 0 atom stereocenters. The van der Waals surface area contributed by atoms with Crippen molar-refractivity contribution < 1.29 is 4.79 Å². The van der Waals surface area contributed by atoms with Gasteiger partial charge in [0.2, 0.25) is 0 Å². The van der Waals surface area contributed by atoms with Gasteiger partial charge in [-0.25, -0.2) is 4.98 Å². The first-order valence-electron chi connectivity index (χ1n) is 9.52. The van der Waals surface area contributed by atoms with Gasteiger partial charge in [-0.3, -0.25) is 14.7 Å². The Kier molecular flexibility index (Phi) is 5.12. The van der Waals surface area contributed by atoms with E-state index in [1.54, 1.807) is 0 Å². The molecular formula is C22H24N4O. The summed E-state index contributed by atoms with van der Waals surface area (Å²) in [6.45, 7) is 5.63. The van der Waals surface area contributed by atoms with E-state index in [9.17, 15) is 4.79 Å². The molecule has 1 saturated heterocycles. The third kappa shape index (κ3) is 4.31. The average Bonchev–Trinajstić information content (AvgIpc) is 2.71. The molecule has 138 valence electrons. The average molecular weight is 360 g/mol. The summed E-state index contributed by atoms with van der Waals surface area (Å²) < 4.78 is 0. The lowest BCUT2D eigenvalue weighted by atomic mass is 9.99. The molecule has 27 heavy (non-hydrogen) atoms. The standard InChI is InChI=1S/C22H24N4O/c1-16-10-12-26(13-11-16)15-17-6-8-18(9-7-17)24-22(27)21-14-23-19-4-2-3-5-20(19)25-21/h2-9,14,16H,10-13,15H2,1H3,(H,24,27). The Morgan fingerprint density at radius 1 is 1.07 bits per heavy atom. The van der Waals surface area contributed by atoms with Crippen LogP contribution >= 0.6 is 0 Å². The van der Waals surface area contributed by atoms with Crippen molar-refractivity contribution in [1.82, 2.24) is 14.9 Å². The Balaban J connectivity index is 1.39. The van der Waals surface area contributed by atoms with Crippen LogP contribution in [0.5, 0.6) is 0 Å². The number of carbonyl (C=O) groups is 1. The van der Waals surface area contributed by atoms with Crippen LogP contribution in [0.15, 0.2) is 54.7 Å². The molecule has 1 amide bonds. The van der Waals surface area contributed by atoms with Gasteiger partial charge in [-0.1, -0.05) is 31.2 Å². The predicted molar refractivity (Wildman–Crippen MR) is 108 cm³/mol. The van der Waals surface area contributed by atoms with Crippen LogP contribution in [0, 0.1) is 5.92 Å². The van der Waals surface area contributed by atoms with Crippen molar-refractivity contribution in [3.05, 3.63) is 66.0 Å². The van der Waals surface area contributed by atoms with E-state index >= 15 is 0 Å². The number of aromatic nitrogens is 2. The lowest BCUT2D eigenvalue weighted by Crippen LogP contribution is -2.32. The van der Waals surface area contributed by atoms with Crippen LogP contribution in [0.1, 0.15) is 35.8 Å². The number of benzene rings is 2. The summed E-state index contributed by atoms with van der Waals surface area (Å²) >= 11 is 0. The molecule has 1 aliphatic heterocycles. The van der Waals surface area contributed by atoms with Gasteiger partial charge in [0.25, 0.3) is 5.91 Å². The molecule has 0 radical (unpaired) electrons. The first-order valence-corrected chi connectivity index (χ1v) is 9.52. The van der Waals surface area contributed by atoms with Gasteiger partial charge in [-0.2, -0.15) is 0 Å². The van der Waals surface area contributed by atoms with Gasteiger partial charge in [0.05, 0.1) is 17.2 Å². The third-order valence-electron chi connectivity index (χ3n) is 5.18. The number of rotatable bonds is 4. The highest BCUT2D eigenvalue weighted by atomic mass is 16.1. The number of likely N-dealkylation sites (tertiary alicyclic amines) is 1. The molecule has 5 nitrogen and oxygen atoms in total. The number of amides is 1. The van der Waals surface area contributed by atoms with Gasteiger partial charge in [0.15, 0.2) is 0 Å². The number of nitrogens with zero attached hydrogens (tertiary/aromatic N) is 3. The maximum absolute atomic E-state index is 12.5. The smallest absolute Gasteiger partial charge is 0.275 e. The summed E-state index contributed by atoms with van der Waals surface area (Å²) in [5.74, 6) is 0.600. The minimum Gasteiger partial charge on any atom is -0.321 e. The summed E-state index contributed by atoms with van der Waals surface area (Å²) in [7, 11) is 0. The van der Waals surface area contributed by atoms with Crippen LogP contribution < -0.4 is 5.32 Å². The first kappa shape index (κ1) is 17.6. The van der Waals surface area contributed by atoms with Crippen LogP contribution in [0.3, 0.4) is 0 Å². The summed E-state index contributed by atoms with van der Waals surface area (Å²) in [4.78, 5) is 23.7. The number of carbonyl (C=O) groups excluding carboxylic acids is 1. The van der Waals surface area contributed by atoms with Crippen molar-refractivity contribution >= 4 is 22.6 Å². The molecule has 1 N–H and O–H groups in total. The lowest BCUT2D eigenvalue weighted by molar-refractivity contribution is 0.102. The summed E-state index contributed by atoms with van der Waals surface area (Å²) in [6, 6.07) is 15.6. The number of fused-ring (bicyclic) bond motifs is 1. The van der Waals surface area contributed by atoms with E-state index in [-0.39, 0.29) is 5.91 Å². The molecule has 2 aromatic carbocycles. The number of para-hydroxylation sites is 2. The molecule has 0 aliphatic carbocycles. The monoisotopic (exact) mass is 360 g/mol. The van der Waals surface area contributed by atoms with Crippen molar-refractivity contribution in [3.8, 4) is 0 Å². The number of hydrogen-bond acceptors (Lipinski definition) is 4. The van der Waals surface area contributed by atoms with Crippen molar-refractivity contribution in [2.45, 2.75) is 26.3 Å². The highest BCUT2D eigenvalue weighted by Gasteiger charge is 2.15. The summed E-state index contributed by atoms with van der Waals surface area (Å²) in [5, 5.41) is 2.90. The van der Waals surface area contributed by atoms with E-state index in [4.69, 9.17) is 0 Å². The SMILES string of the molecule is CC1CCN(Cc2ccc(NC(=O)c3cnc4ccccc4n3)cc2)CC1. The van der Waals surface area contributed by atoms with E-state index in [2.05, 4.69) is 39.2 Å². The predicted octanol–water partition coefficient (Wildman–Crippen LogP) is 4.11. The number of piperidine rings is 1. The van der Waals surface area contributed by atoms with Gasteiger partial charge in [-0.15, -0.1) is 0 Å². The highest BCUT2D eigenvalue weighted by Crippen LogP contribution is 2.19. The largest absolute Gasteiger partial charge is 0.321 e. The minimum atomic E-state index is -0.244. The van der Waals surface area contributed by atoms with E-state index in [0.717, 1.165) is 29.2 Å². The van der Waals surface area contributed by atoms with Crippen LogP contribution in [0.2, 0.25) is 0 Å². The molecule has 0 spiro atoms. The molecular weight excluding hydrogens is 336 g/mol. The van der Waals surface area contributed by atoms with Gasteiger partial charge in [0, 0.05) is 12.2 Å². The number of hydrogen-bond donors (Lipinski definition) is 1. The normalized spacial score (nSPS) is 15.7. The van der Waals surface area contributed by atoms with E-state index < -0.39 is 0 Å². The molecule has 4 rings (SSSR count). The van der Waals surface area contributed by atoms with E-state index in [1.165, 1.54) is 37.7 Å². The Morgan fingerprint density at radius 2 is 1.78 bits per heavy atom. The van der Waals surface area contributed by atoms with Gasteiger partial charge >= 0.3 is 0 Å². The lowest BCUT2D eigenvalue weighted by Gasteiger charge is -2.30.